The van der Waals surface area contributed by atoms with E-state index in [4.69, 9.17) is 0 Å². The third kappa shape index (κ3) is 1.93. The molecule has 2 aromatic rings. The molecule has 0 spiro atoms. The van der Waals surface area contributed by atoms with E-state index in [1.54, 1.807) is 0 Å². The lowest BCUT2D eigenvalue weighted by Gasteiger charge is -2.15. The highest BCUT2D eigenvalue weighted by Crippen LogP contribution is 2.37. The molecular weight excluding hydrogens is 222 g/mol. The molecule has 1 aromatic heterocycles. The molecule has 0 fully saturated rings. The first-order chi connectivity index (χ1) is 8.75. The van der Waals surface area contributed by atoms with Gasteiger partial charge in [0.15, 0.2) is 0 Å². The molecule has 2 atom stereocenters. The summed E-state index contributed by atoms with van der Waals surface area (Å²) in [7, 11) is 0. The molecule has 92 valence electrons. The minimum atomic E-state index is -0.345. The van der Waals surface area contributed by atoms with Crippen LogP contribution in [0.15, 0.2) is 42.6 Å². The summed E-state index contributed by atoms with van der Waals surface area (Å²) in [4.78, 5) is 4.43. The number of aliphatic hydroxyl groups excluding tert-OH is 1. The fourth-order valence-electron chi connectivity index (χ4n) is 2.82. The Balaban J connectivity index is 1.83. The number of aromatic nitrogens is 1. The van der Waals surface area contributed by atoms with Crippen LogP contribution in [0.3, 0.4) is 0 Å². The fourth-order valence-corrected chi connectivity index (χ4v) is 2.82. The van der Waals surface area contributed by atoms with Gasteiger partial charge in [-0.2, -0.15) is 0 Å². The average Bonchev–Trinajstić information content (AvgIpc) is 2.70. The average molecular weight is 239 g/mol. The summed E-state index contributed by atoms with van der Waals surface area (Å²) in [6.45, 7) is 2.08. The Labute approximate surface area is 107 Å². The standard InChI is InChI=1S/C16H17NO/c1-11-5-4-8-17-15(11)10-13-9-12-6-2-3-7-14(12)16(13)18/h2-8,13,16,18H,9-10H2,1H3. The summed E-state index contributed by atoms with van der Waals surface area (Å²) in [5, 5.41) is 10.4. The van der Waals surface area contributed by atoms with E-state index in [-0.39, 0.29) is 12.0 Å². The van der Waals surface area contributed by atoms with Crippen molar-refractivity contribution in [1.82, 2.24) is 4.98 Å². The van der Waals surface area contributed by atoms with E-state index < -0.39 is 0 Å². The van der Waals surface area contributed by atoms with Crippen LogP contribution in [0.1, 0.15) is 28.5 Å². The van der Waals surface area contributed by atoms with E-state index in [1.807, 2.05) is 30.5 Å². The number of hydrogen-bond donors (Lipinski definition) is 1. The van der Waals surface area contributed by atoms with Gasteiger partial charge >= 0.3 is 0 Å². The van der Waals surface area contributed by atoms with Crippen molar-refractivity contribution in [1.29, 1.82) is 0 Å². The Morgan fingerprint density at radius 1 is 1.22 bits per heavy atom. The van der Waals surface area contributed by atoms with Crippen molar-refractivity contribution in [3.8, 4) is 0 Å². The van der Waals surface area contributed by atoms with Crippen molar-refractivity contribution in [2.45, 2.75) is 25.9 Å². The third-order valence-corrected chi connectivity index (χ3v) is 3.88. The highest BCUT2D eigenvalue weighted by atomic mass is 16.3. The molecule has 0 aliphatic heterocycles. The predicted molar refractivity (Wildman–Crippen MR) is 71.3 cm³/mol. The Kier molecular flexibility index (Phi) is 2.88. The Morgan fingerprint density at radius 3 is 2.83 bits per heavy atom. The normalized spacial score (nSPS) is 21.9. The molecule has 1 N–H and O–H groups in total. The second-order valence-electron chi connectivity index (χ2n) is 5.08. The van der Waals surface area contributed by atoms with Gasteiger partial charge in [0.05, 0.1) is 6.10 Å². The largest absolute Gasteiger partial charge is 0.388 e. The van der Waals surface area contributed by atoms with Gasteiger partial charge in [-0.3, -0.25) is 4.98 Å². The van der Waals surface area contributed by atoms with Gasteiger partial charge < -0.3 is 5.11 Å². The maximum atomic E-state index is 10.4. The van der Waals surface area contributed by atoms with Crippen LogP contribution in [-0.4, -0.2) is 10.1 Å². The van der Waals surface area contributed by atoms with Gasteiger partial charge in [0.2, 0.25) is 0 Å². The smallest absolute Gasteiger partial charge is 0.0827 e. The van der Waals surface area contributed by atoms with Crippen LogP contribution in [0.5, 0.6) is 0 Å². The summed E-state index contributed by atoms with van der Waals surface area (Å²) in [5.41, 5.74) is 4.69. The summed E-state index contributed by atoms with van der Waals surface area (Å²) in [5.74, 6) is 0.260. The zero-order chi connectivity index (χ0) is 12.5. The number of hydrogen-bond acceptors (Lipinski definition) is 2. The van der Waals surface area contributed by atoms with Crippen molar-refractivity contribution in [2.75, 3.05) is 0 Å². The molecule has 0 bridgehead atoms. The molecule has 0 radical (unpaired) electrons. The maximum absolute atomic E-state index is 10.4. The SMILES string of the molecule is Cc1cccnc1CC1Cc2ccccc2C1O. The lowest BCUT2D eigenvalue weighted by molar-refractivity contribution is 0.122. The van der Waals surface area contributed by atoms with Crippen molar-refractivity contribution >= 4 is 0 Å². The number of rotatable bonds is 2. The first kappa shape index (κ1) is 11.4. The summed E-state index contributed by atoms with van der Waals surface area (Å²) < 4.78 is 0. The Morgan fingerprint density at radius 2 is 2.06 bits per heavy atom. The lowest BCUT2D eigenvalue weighted by atomic mass is 9.95. The minimum absolute atomic E-state index is 0.260. The number of pyridine rings is 1. The number of nitrogens with zero attached hydrogens (tertiary/aromatic N) is 1. The molecule has 2 heteroatoms. The molecule has 3 rings (SSSR count). The highest BCUT2D eigenvalue weighted by Gasteiger charge is 2.30. The van der Waals surface area contributed by atoms with E-state index in [0.717, 1.165) is 24.1 Å². The van der Waals surface area contributed by atoms with Gasteiger partial charge in [-0.1, -0.05) is 30.3 Å². The van der Waals surface area contributed by atoms with Gasteiger partial charge in [-0.05, 0) is 48.4 Å². The maximum Gasteiger partial charge on any atom is 0.0827 e. The Hall–Kier alpha value is -1.67. The third-order valence-electron chi connectivity index (χ3n) is 3.88. The van der Waals surface area contributed by atoms with Gasteiger partial charge in [-0.25, -0.2) is 0 Å². The number of aryl methyl sites for hydroxylation is 1. The van der Waals surface area contributed by atoms with Gasteiger partial charge in [-0.15, -0.1) is 0 Å². The number of benzene rings is 1. The van der Waals surface area contributed by atoms with Crippen molar-refractivity contribution in [3.63, 3.8) is 0 Å². The number of fused-ring (bicyclic) bond motifs is 1. The van der Waals surface area contributed by atoms with Crippen molar-refractivity contribution in [3.05, 3.63) is 65.0 Å². The minimum Gasteiger partial charge on any atom is -0.388 e. The molecule has 2 nitrogen and oxygen atoms in total. The zero-order valence-corrected chi connectivity index (χ0v) is 10.5. The van der Waals surface area contributed by atoms with Crippen LogP contribution in [0.4, 0.5) is 0 Å². The first-order valence-corrected chi connectivity index (χ1v) is 6.42. The second kappa shape index (κ2) is 4.54. The molecule has 1 aromatic carbocycles. The first-order valence-electron chi connectivity index (χ1n) is 6.42. The van der Waals surface area contributed by atoms with Crippen molar-refractivity contribution in [2.24, 2.45) is 5.92 Å². The van der Waals surface area contributed by atoms with E-state index in [0.29, 0.717) is 0 Å². The van der Waals surface area contributed by atoms with Crippen LogP contribution in [0.2, 0.25) is 0 Å². The van der Waals surface area contributed by atoms with Crippen molar-refractivity contribution < 1.29 is 5.11 Å². The van der Waals surface area contributed by atoms with Crippen LogP contribution in [-0.2, 0) is 12.8 Å². The van der Waals surface area contributed by atoms with Gasteiger partial charge in [0.1, 0.15) is 0 Å². The molecule has 1 aliphatic carbocycles. The second-order valence-corrected chi connectivity index (χ2v) is 5.08. The summed E-state index contributed by atoms with van der Waals surface area (Å²) >= 11 is 0. The summed E-state index contributed by atoms with van der Waals surface area (Å²) in [6, 6.07) is 12.2. The molecule has 0 saturated carbocycles. The molecule has 0 saturated heterocycles. The molecule has 1 heterocycles. The van der Waals surface area contributed by atoms with Crippen LogP contribution in [0, 0.1) is 12.8 Å². The van der Waals surface area contributed by atoms with E-state index >= 15 is 0 Å². The molecular formula is C16H17NO. The van der Waals surface area contributed by atoms with E-state index in [1.165, 1.54) is 11.1 Å². The van der Waals surface area contributed by atoms with Crippen LogP contribution in [0.25, 0.3) is 0 Å². The van der Waals surface area contributed by atoms with E-state index in [9.17, 15) is 5.11 Å². The molecule has 0 amide bonds. The van der Waals surface area contributed by atoms with Gasteiger partial charge in [0, 0.05) is 11.9 Å². The molecule has 18 heavy (non-hydrogen) atoms. The quantitative estimate of drug-likeness (QED) is 0.874. The fraction of sp³-hybridized carbons (Fsp3) is 0.312. The van der Waals surface area contributed by atoms with E-state index in [2.05, 4.69) is 24.0 Å². The topological polar surface area (TPSA) is 33.1 Å². The molecule has 2 unspecified atom stereocenters. The van der Waals surface area contributed by atoms with Crippen LogP contribution >= 0.6 is 0 Å². The Bertz CT molecular complexity index is 565. The van der Waals surface area contributed by atoms with Gasteiger partial charge in [0.25, 0.3) is 0 Å². The summed E-state index contributed by atoms with van der Waals surface area (Å²) in [6.07, 6.45) is 3.29. The monoisotopic (exact) mass is 239 g/mol. The number of aliphatic hydroxyl groups is 1. The highest BCUT2D eigenvalue weighted by molar-refractivity contribution is 5.35. The predicted octanol–water partition coefficient (Wildman–Crippen LogP) is 2.84. The lowest BCUT2D eigenvalue weighted by Crippen LogP contribution is -2.12. The molecule has 1 aliphatic rings. The zero-order valence-electron chi connectivity index (χ0n) is 10.5. The van der Waals surface area contributed by atoms with Crippen LogP contribution < -0.4 is 0 Å².